The summed E-state index contributed by atoms with van der Waals surface area (Å²) in [7, 11) is 0. The van der Waals surface area contributed by atoms with Gasteiger partial charge >= 0.3 is 18.0 Å². The quantitative estimate of drug-likeness (QED) is 0.206. The van der Waals surface area contributed by atoms with Crippen molar-refractivity contribution < 1.29 is 34.1 Å². The summed E-state index contributed by atoms with van der Waals surface area (Å²) in [5, 5.41) is 23.0. The van der Waals surface area contributed by atoms with Crippen LogP contribution in [-0.2, 0) is 16.0 Å². The number of hydrogen-bond donors (Lipinski definition) is 7. The lowest BCUT2D eigenvalue weighted by Gasteiger charge is -2.13. The molecule has 2 amide bonds. The number of ether oxygens (including phenoxy) is 1. The van der Waals surface area contributed by atoms with E-state index in [1.54, 1.807) is 6.07 Å². The SMILES string of the molecule is Nc1nc2[nH]c(CCNC(=O)Oc3ccc(C(=O)N[C@@H](CCC(=O)O)C(=O)O)cc3)cc2c(=O)[nH]1. The number of carbonyl (C=O) groups excluding carboxylic acids is 2. The molecule has 14 nitrogen and oxygen atoms in total. The van der Waals surface area contributed by atoms with Gasteiger partial charge in [0, 0.05) is 30.6 Å². The van der Waals surface area contributed by atoms with Crippen molar-refractivity contribution in [3.8, 4) is 5.75 Å². The van der Waals surface area contributed by atoms with Gasteiger partial charge in [-0.1, -0.05) is 0 Å². The van der Waals surface area contributed by atoms with Crippen molar-refractivity contribution in [2.45, 2.75) is 25.3 Å². The molecule has 14 heteroatoms. The van der Waals surface area contributed by atoms with Gasteiger partial charge in [0.1, 0.15) is 17.4 Å². The predicted octanol–water partition coefficient (Wildman–Crippen LogP) is 0.212. The van der Waals surface area contributed by atoms with Gasteiger partial charge in [-0.15, -0.1) is 0 Å². The maximum Gasteiger partial charge on any atom is 0.412 e. The highest BCUT2D eigenvalue weighted by atomic mass is 16.6. The molecule has 0 radical (unpaired) electrons. The third-order valence-electron chi connectivity index (χ3n) is 4.81. The van der Waals surface area contributed by atoms with E-state index in [4.69, 9.17) is 20.7 Å². The molecule has 0 saturated carbocycles. The highest BCUT2D eigenvalue weighted by molar-refractivity contribution is 5.96. The second-order valence-electron chi connectivity index (χ2n) is 7.40. The van der Waals surface area contributed by atoms with Gasteiger partial charge in [0.25, 0.3) is 11.5 Å². The Morgan fingerprint density at radius 2 is 1.83 bits per heavy atom. The number of fused-ring (bicyclic) bond motifs is 1. The minimum atomic E-state index is -1.36. The minimum absolute atomic E-state index is 0.0130. The number of H-pyrrole nitrogens is 2. The molecule has 2 heterocycles. The zero-order chi connectivity index (χ0) is 25.5. The van der Waals surface area contributed by atoms with Crippen molar-refractivity contribution in [1.29, 1.82) is 0 Å². The number of carbonyl (C=O) groups is 4. The van der Waals surface area contributed by atoms with E-state index in [1.165, 1.54) is 24.3 Å². The van der Waals surface area contributed by atoms with Crippen molar-refractivity contribution in [1.82, 2.24) is 25.6 Å². The van der Waals surface area contributed by atoms with Crippen LogP contribution in [0.3, 0.4) is 0 Å². The van der Waals surface area contributed by atoms with Gasteiger partial charge in [0.05, 0.1) is 5.39 Å². The van der Waals surface area contributed by atoms with Crippen LogP contribution in [0.15, 0.2) is 35.1 Å². The molecule has 184 valence electrons. The molecule has 0 spiro atoms. The van der Waals surface area contributed by atoms with E-state index in [1.807, 2.05) is 0 Å². The van der Waals surface area contributed by atoms with Crippen molar-refractivity contribution >= 4 is 40.9 Å². The molecule has 1 aromatic carbocycles. The lowest BCUT2D eigenvalue weighted by molar-refractivity contribution is -0.140. The average molecular weight is 486 g/mol. The summed E-state index contributed by atoms with van der Waals surface area (Å²) in [5.74, 6) is -3.12. The summed E-state index contributed by atoms with van der Waals surface area (Å²) in [5.41, 5.74) is 6.22. The molecule has 0 bridgehead atoms. The monoisotopic (exact) mass is 486 g/mol. The third-order valence-corrected chi connectivity index (χ3v) is 4.81. The molecule has 0 saturated heterocycles. The Hall–Kier alpha value is -4.88. The number of rotatable bonds is 10. The second-order valence-corrected chi connectivity index (χ2v) is 7.40. The van der Waals surface area contributed by atoms with Crippen LogP contribution in [-0.4, -0.2) is 61.7 Å². The topological polar surface area (TPSA) is 230 Å². The van der Waals surface area contributed by atoms with E-state index in [0.717, 1.165) is 0 Å². The molecule has 0 aliphatic rings. The Morgan fingerprint density at radius 3 is 2.49 bits per heavy atom. The zero-order valence-electron chi connectivity index (χ0n) is 18.2. The molecule has 2 aromatic heterocycles. The van der Waals surface area contributed by atoms with Gasteiger partial charge < -0.3 is 36.3 Å². The van der Waals surface area contributed by atoms with Crippen molar-refractivity contribution in [3.05, 3.63) is 51.9 Å². The van der Waals surface area contributed by atoms with Crippen molar-refractivity contribution in [3.63, 3.8) is 0 Å². The van der Waals surface area contributed by atoms with Crippen molar-refractivity contribution in [2.75, 3.05) is 12.3 Å². The number of aromatic amines is 2. The van der Waals surface area contributed by atoms with Crippen LogP contribution in [0.2, 0.25) is 0 Å². The molecule has 0 unspecified atom stereocenters. The first kappa shape index (κ1) is 24.8. The first-order valence-corrected chi connectivity index (χ1v) is 10.3. The number of nitrogens with one attached hydrogen (secondary N) is 4. The number of nitrogens with zero attached hydrogens (tertiary/aromatic N) is 1. The number of amides is 2. The molecule has 3 aromatic rings. The van der Waals surface area contributed by atoms with Crippen LogP contribution in [0.1, 0.15) is 28.9 Å². The maximum absolute atomic E-state index is 12.2. The van der Waals surface area contributed by atoms with Crippen LogP contribution in [0, 0.1) is 0 Å². The predicted molar refractivity (Wildman–Crippen MR) is 121 cm³/mol. The Balaban J connectivity index is 1.49. The summed E-state index contributed by atoms with van der Waals surface area (Å²) < 4.78 is 5.13. The van der Waals surface area contributed by atoms with Gasteiger partial charge in [0.15, 0.2) is 0 Å². The van der Waals surface area contributed by atoms with Gasteiger partial charge in [-0.05, 0) is 36.8 Å². The van der Waals surface area contributed by atoms with Crippen molar-refractivity contribution in [2.24, 2.45) is 0 Å². The Morgan fingerprint density at radius 1 is 1.11 bits per heavy atom. The summed E-state index contributed by atoms with van der Waals surface area (Å²) in [6.07, 6.45) is -1.07. The van der Waals surface area contributed by atoms with E-state index < -0.39 is 36.4 Å². The van der Waals surface area contributed by atoms with Gasteiger partial charge in [-0.2, -0.15) is 4.98 Å². The molecule has 35 heavy (non-hydrogen) atoms. The summed E-state index contributed by atoms with van der Waals surface area (Å²) in [6.45, 7) is 0.187. The standard InChI is InChI=1S/C21H22N6O8/c22-20-26-16-13(18(31)27-20)9-11(24-16)7-8-23-21(34)35-12-3-1-10(2-4-12)17(30)25-14(19(32)33)5-6-15(28)29/h1-4,9,14H,5-8H2,(H,23,34)(H,25,30)(H,28,29)(H,32,33)(H4,22,24,26,27,31)/t14-/m0/s1. The number of aromatic nitrogens is 3. The number of anilines is 1. The highest BCUT2D eigenvalue weighted by Crippen LogP contribution is 2.13. The number of nitrogens with two attached hydrogens (primary N) is 1. The number of aliphatic carboxylic acids is 2. The van der Waals surface area contributed by atoms with Gasteiger partial charge in [-0.3, -0.25) is 19.4 Å². The largest absolute Gasteiger partial charge is 0.481 e. The van der Waals surface area contributed by atoms with Crippen LogP contribution in [0.4, 0.5) is 10.7 Å². The molecule has 0 aliphatic carbocycles. The fourth-order valence-corrected chi connectivity index (χ4v) is 3.11. The first-order valence-electron chi connectivity index (χ1n) is 10.3. The lowest BCUT2D eigenvalue weighted by atomic mass is 10.1. The summed E-state index contributed by atoms with van der Waals surface area (Å²) in [6, 6.07) is 5.60. The normalized spacial score (nSPS) is 11.5. The molecular formula is C21H22N6O8. The number of benzene rings is 1. The van der Waals surface area contributed by atoms with Crippen LogP contribution < -0.4 is 26.7 Å². The molecule has 0 aliphatic heterocycles. The molecule has 1 atom stereocenters. The van der Waals surface area contributed by atoms with Gasteiger partial charge in [0.2, 0.25) is 5.95 Å². The van der Waals surface area contributed by atoms with E-state index >= 15 is 0 Å². The fourth-order valence-electron chi connectivity index (χ4n) is 3.11. The smallest absolute Gasteiger partial charge is 0.412 e. The number of carboxylic acid groups (broad SMARTS) is 2. The molecule has 3 rings (SSSR count). The lowest BCUT2D eigenvalue weighted by Crippen LogP contribution is -2.41. The second kappa shape index (κ2) is 10.8. The first-order chi connectivity index (χ1) is 16.6. The Bertz CT molecular complexity index is 1310. The molecule has 8 N–H and O–H groups in total. The van der Waals surface area contributed by atoms with E-state index in [9.17, 15) is 24.0 Å². The van der Waals surface area contributed by atoms with Crippen LogP contribution in [0.5, 0.6) is 5.75 Å². The minimum Gasteiger partial charge on any atom is -0.481 e. The van der Waals surface area contributed by atoms with E-state index in [-0.39, 0.29) is 35.8 Å². The maximum atomic E-state index is 12.2. The summed E-state index contributed by atoms with van der Waals surface area (Å²) in [4.78, 5) is 67.3. The van der Waals surface area contributed by atoms with Crippen LogP contribution >= 0.6 is 0 Å². The Kier molecular flexibility index (Phi) is 7.66. The number of hydrogen-bond acceptors (Lipinski definition) is 8. The van der Waals surface area contributed by atoms with Crippen LogP contribution in [0.25, 0.3) is 11.0 Å². The zero-order valence-corrected chi connectivity index (χ0v) is 18.2. The average Bonchev–Trinajstić information content (AvgIpc) is 3.19. The number of nitrogen functional groups attached to an aromatic ring is 1. The fraction of sp³-hybridized carbons (Fsp3) is 0.238. The van der Waals surface area contributed by atoms with E-state index in [0.29, 0.717) is 23.1 Å². The molecular weight excluding hydrogens is 464 g/mol. The highest BCUT2D eigenvalue weighted by Gasteiger charge is 2.21. The summed E-state index contributed by atoms with van der Waals surface area (Å²) >= 11 is 0. The number of carboxylic acids is 2. The third kappa shape index (κ3) is 6.80. The Labute approximate surface area is 196 Å². The molecule has 0 fully saturated rings. The van der Waals surface area contributed by atoms with E-state index in [2.05, 4.69) is 25.6 Å². The van der Waals surface area contributed by atoms with Gasteiger partial charge in [-0.25, -0.2) is 9.59 Å².